The topological polar surface area (TPSA) is 52.6 Å². The van der Waals surface area contributed by atoms with E-state index in [-0.39, 0.29) is 18.0 Å². The van der Waals surface area contributed by atoms with E-state index in [0.717, 1.165) is 36.8 Å². The van der Waals surface area contributed by atoms with Crippen molar-refractivity contribution in [2.45, 2.75) is 97.5 Å². The Labute approximate surface area is 199 Å². The number of esters is 2. The predicted molar refractivity (Wildman–Crippen MR) is 135 cm³/mol. The maximum atomic E-state index is 12.2. The van der Waals surface area contributed by atoms with Gasteiger partial charge in [-0.15, -0.1) is 0 Å². The monoisotopic (exact) mass is 452 g/mol. The number of hydrogen-bond acceptors (Lipinski definition) is 4. The summed E-state index contributed by atoms with van der Waals surface area (Å²) in [6.45, 7) is 6.22. The van der Waals surface area contributed by atoms with Crippen molar-refractivity contribution in [2.24, 2.45) is 0 Å². The molecule has 2 aromatic carbocycles. The highest BCUT2D eigenvalue weighted by molar-refractivity contribution is 5.90. The molecule has 0 saturated carbocycles. The van der Waals surface area contributed by atoms with Gasteiger partial charge in [-0.2, -0.15) is 0 Å². The Bertz CT molecular complexity index is 824. The van der Waals surface area contributed by atoms with Gasteiger partial charge in [0.05, 0.1) is 11.7 Å². The second-order valence-corrected chi connectivity index (χ2v) is 8.81. The molecule has 0 aromatic heterocycles. The molecule has 0 radical (unpaired) electrons. The number of unbranched alkanes of at least 4 members (excludes halogenated alkanes) is 7. The molecule has 0 N–H and O–H groups in total. The summed E-state index contributed by atoms with van der Waals surface area (Å²) in [6, 6.07) is 14.9. The second-order valence-electron chi connectivity index (χ2n) is 8.81. The number of ether oxygens (including phenoxy) is 2. The minimum atomic E-state index is -0.291. The largest absolute Gasteiger partial charge is 0.459 e. The first kappa shape index (κ1) is 26.6. The maximum Gasteiger partial charge on any atom is 0.338 e. The molecule has 4 nitrogen and oxygen atoms in total. The van der Waals surface area contributed by atoms with Crippen LogP contribution in [0.1, 0.15) is 102 Å². The van der Waals surface area contributed by atoms with Crippen LogP contribution in [0, 0.1) is 0 Å². The standard InChI is InChI=1S/C29H40O4/c1-4-6-7-8-9-10-11-12-14-28(30)33-27-21-19-25(20-22-27)24-15-17-26(18-16-24)29(31)32-23(3)13-5-2/h15-23H,4-14H2,1-3H3. The lowest BCUT2D eigenvalue weighted by Gasteiger charge is -2.12. The van der Waals surface area contributed by atoms with E-state index in [1.54, 1.807) is 12.1 Å². The molecule has 180 valence electrons. The highest BCUT2D eigenvalue weighted by Crippen LogP contribution is 2.24. The minimum absolute atomic E-state index is 0.0759. The van der Waals surface area contributed by atoms with Crippen molar-refractivity contribution >= 4 is 11.9 Å². The number of carbonyl (C=O) groups excluding carboxylic acids is 2. The first-order valence-corrected chi connectivity index (χ1v) is 12.7. The molecule has 1 unspecified atom stereocenters. The summed E-state index contributed by atoms with van der Waals surface area (Å²) in [5.41, 5.74) is 2.54. The van der Waals surface area contributed by atoms with Gasteiger partial charge in [-0.05, 0) is 55.2 Å². The first-order valence-electron chi connectivity index (χ1n) is 12.7. The number of carbonyl (C=O) groups is 2. The van der Waals surface area contributed by atoms with Crippen LogP contribution in [-0.4, -0.2) is 18.0 Å². The third kappa shape index (κ3) is 10.2. The normalized spacial score (nSPS) is 11.7. The summed E-state index contributed by atoms with van der Waals surface area (Å²) in [5, 5.41) is 0. The summed E-state index contributed by atoms with van der Waals surface area (Å²) < 4.78 is 10.9. The molecular formula is C29H40O4. The Balaban J connectivity index is 1.75. The van der Waals surface area contributed by atoms with Crippen LogP contribution >= 0.6 is 0 Å². The van der Waals surface area contributed by atoms with Crippen LogP contribution in [0.15, 0.2) is 48.5 Å². The molecule has 0 aliphatic heterocycles. The SMILES string of the molecule is CCCCCCCCCCC(=O)Oc1ccc(-c2ccc(C(=O)OC(C)CCC)cc2)cc1. The summed E-state index contributed by atoms with van der Waals surface area (Å²) in [6.07, 6.45) is 11.9. The fraction of sp³-hybridized carbons (Fsp3) is 0.517. The van der Waals surface area contributed by atoms with E-state index < -0.39 is 0 Å². The fourth-order valence-corrected chi connectivity index (χ4v) is 3.82. The van der Waals surface area contributed by atoms with Crippen LogP contribution in [-0.2, 0) is 9.53 Å². The Hall–Kier alpha value is -2.62. The molecule has 0 aliphatic rings. The highest BCUT2D eigenvalue weighted by Gasteiger charge is 2.12. The average Bonchev–Trinajstić information content (AvgIpc) is 2.81. The van der Waals surface area contributed by atoms with Crippen molar-refractivity contribution in [3.63, 3.8) is 0 Å². The van der Waals surface area contributed by atoms with Gasteiger partial charge in [0.1, 0.15) is 5.75 Å². The number of benzene rings is 2. The minimum Gasteiger partial charge on any atom is -0.459 e. The van der Waals surface area contributed by atoms with Gasteiger partial charge in [-0.3, -0.25) is 4.79 Å². The van der Waals surface area contributed by atoms with Gasteiger partial charge in [0.2, 0.25) is 0 Å². The average molecular weight is 453 g/mol. The van der Waals surface area contributed by atoms with Gasteiger partial charge in [-0.25, -0.2) is 4.79 Å². The third-order valence-electron chi connectivity index (χ3n) is 5.78. The Morgan fingerprint density at radius 3 is 1.85 bits per heavy atom. The zero-order valence-corrected chi connectivity index (χ0v) is 20.6. The molecular weight excluding hydrogens is 412 g/mol. The summed E-state index contributed by atoms with van der Waals surface area (Å²) in [5.74, 6) is 0.101. The van der Waals surface area contributed by atoms with Crippen LogP contribution in [0.5, 0.6) is 5.75 Å². The molecule has 1 atom stereocenters. The van der Waals surface area contributed by atoms with E-state index in [4.69, 9.17) is 9.47 Å². The zero-order chi connectivity index (χ0) is 23.9. The molecule has 0 fully saturated rings. The van der Waals surface area contributed by atoms with E-state index >= 15 is 0 Å². The zero-order valence-electron chi connectivity index (χ0n) is 20.6. The lowest BCUT2D eigenvalue weighted by atomic mass is 10.0. The smallest absolute Gasteiger partial charge is 0.338 e. The van der Waals surface area contributed by atoms with Gasteiger partial charge < -0.3 is 9.47 Å². The summed E-state index contributed by atoms with van der Waals surface area (Å²) in [7, 11) is 0. The van der Waals surface area contributed by atoms with Crippen LogP contribution in [0.4, 0.5) is 0 Å². The molecule has 33 heavy (non-hydrogen) atoms. The third-order valence-corrected chi connectivity index (χ3v) is 5.78. The molecule has 2 aromatic rings. The molecule has 4 heteroatoms. The maximum absolute atomic E-state index is 12.2. The van der Waals surface area contributed by atoms with Crippen molar-refractivity contribution in [3.8, 4) is 16.9 Å². The Morgan fingerprint density at radius 2 is 1.27 bits per heavy atom. The van der Waals surface area contributed by atoms with Crippen molar-refractivity contribution in [3.05, 3.63) is 54.1 Å². The molecule has 0 bridgehead atoms. The Morgan fingerprint density at radius 1 is 0.727 bits per heavy atom. The lowest BCUT2D eigenvalue weighted by molar-refractivity contribution is -0.134. The van der Waals surface area contributed by atoms with Gasteiger partial charge in [0.15, 0.2) is 0 Å². The predicted octanol–water partition coefficient (Wildman–Crippen LogP) is 8.14. The van der Waals surface area contributed by atoms with Crippen molar-refractivity contribution in [1.29, 1.82) is 0 Å². The van der Waals surface area contributed by atoms with E-state index in [9.17, 15) is 9.59 Å². The van der Waals surface area contributed by atoms with Gasteiger partial charge in [0, 0.05) is 6.42 Å². The molecule has 0 spiro atoms. The number of hydrogen-bond donors (Lipinski definition) is 0. The highest BCUT2D eigenvalue weighted by atomic mass is 16.5. The first-order chi connectivity index (χ1) is 16.0. The van der Waals surface area contributed by atoms with E-state index in [0.29, 0.717) is 17.7 Å². The van der Waals surface area contributed by atoms with E-state index in [1.165, 1.54) is 38.5 Å². The fourth-order valence-electron chi connectivity index (χ4n) is 3.82. The second kappa shape index (κ2) is 15.3. The van der Waals surface area contributed by atoms with Crippen LogP contribution < -0.4 is 4.74 Å². The molecule has 0 saturated heterocycles. The van der Waals surface area contributed by atoms with Gasteiger partial charge >= 0.3 is 11.9 Å². The van der Waals surface area contributed by atoms with E-state index in [1.807, 2.05) is 43.3 Å². The number of rotatable bonds is 15. The van der Waals surface area contributed by atoms with Gasteiger partial charge in [0.25, 0.3) is 0 Å². The van der Waals surface area contributed by atoms with Gasteiger partial charge in [-0.1, -0.05) is 89.5 Å². The molecule has 0 heterocycles. The Kier molecular flexibility index (Phi) is 12.3. The van der Waals surface area contributed by atoms with Crippen LogP contribution in [0.25, 0.3) is 11.1 Å². The summed E-state index contributed by atoms with van der Waals surface area (Å²) >= 11 is 0. The van der Waals surface area contributed by atoms with Crippen molar-refractivity contribution < 1.29 is 19.1 Å². The summed E-state index contributed by atoms with van der Waals surface area (Å²) in [4.78, 5) is 24.3. The van der Waals surface area contributed by atoms with E-state index in [2.05, 4.69) is 13.8 Å². The molecule has 0 amide bonds. The molecule has 0 aliphatic carbocycles. The van der Waals surface area contributed by atoms with Crippen molar-refractivity contribution in [1.82, 2.24) is 0 Å². The quantitative estimate of drug-likeness (QED) is 0.155. The van der Waals surface area contributed by atoms with Crippen LogP contribution in [0.2, 0.25) is 0 Å². The lowest BCUT2D eigenvalue weighted by Crippen LogP contribution is -2.14. The van der Waals surface area contributed by atoms with Crippen molar-refractivity contribution in [2.75, 3.05) is 0 Å². The molecule has 2 rings (SSSR count). The van der Waals surface area contributed by atoms with Crippen LogP contribution in [0.3, 0.4) is 0 Å².